The fraction of sp³-hybridized carbons (Fsp3) is 0.240. The molecule has 0 aliphatic rings. The number of hydrogen-bond donors (Lipinski definition) is 1. The Kier molecular flexibility index (Phi) is 8.77. The van der Waals surface area contributed by atoms with Crippen LogP contribution >= 0.6 is 0 Å². The number of nitrogens with one attached hydrogen (secondary N) is 1. The lowest BCUT2D eigenvalue weighted by Crippen LogP contribution is -2.45. The normalized spacial score (nSPS) is 10.4. The van der Waals surface area contributed by atoms with Crippen LogP contribution in [0.2, 0.25) is 0 Å². The van der Waals surface area contributed by atoms with Crippen molar-refractivity contribution in [3.8, 4) is 6.07 Å². The third-order valence-corrected chi connectivity index (χ3v) is 4.99. The van der Waals surface area contributed by atoms with Crippen LogP contribution in [0.4, 0.5) is 14.9 Å². The minimum atomic E-state index is -0.500. The van der Waals surface area contributed by atoms with Crippen molar-refractivity contribution in [1.29, 1.82) is 5.26 Å². The number of carbonyl (C=O) groups is 2. The molecular formula is C25H25FN4O4. The molecule has 3 rings (SSSR count). The summed E-state index contributed by atoms with van der Waals surface area (Å²) in [5.41, 5.74) is 1.58. The van der Waals surface area contributed by atoms with Gasteiger partial charge >= 0.3 is 6.03 Å². The van der Waals surface area contributed by atoms with E-state index >= 15 is 0 Å². The van der Waals surface area contributed by atoms with Crippen LogP contribution in [0.3, 0.4) is 0 Å². The number of nitrogens with zero attached hydrogens (tertiary/aromatic N) is 3. The van der Waals surface area contributed by atoms with Crippen molar-refractivity contribution < 1.29 is 23.1 Å². The second-order valence-corrected chi connectivity index (χ2v) is 7.49. The largest absolute Gasteiger partial charge is 0.467 e. The van der Waals surface area contributed by atoms with Gasteiger partial charge in [-0.2, -0.15) is 5.26 Å². The predicted octanol–water partition coefficient (Wildman–Crippen LogP) is 4.00. The monoisotopic (exact) mass is 464 g/mol. The summed E-state index contributed by atoms with van der Waals surface area (Å²) < 4.78 is 23.8. The topological polar surface area (TPSA) is 98.8 Å². The van der Waals surface area contributed by atoms with Crippen LogP contribution in [0.1, 0.15) is 16.9 Å². The molecule has 9 heteroatoms. The van der Waals surface area contributed by atoms with E-state index in [1.807, 2.05) is 6.07 Å². The number of benzene rings is 2. The van der Waals surface area contributed by atoms with Gasteiger partial charge in [-0.1, -0.05) is 18.2 Å². The summed E-state index contributed by atoms with van der Waals surface area (Å²) >= 11 is 0. The van der Waals surface area contributed by atoms with Gasteiger partial charge in [-0.05, 0) is 48.0 Å². The van der Waals surface area contributed by atoms with Gasteiger partial charge in [0.25, 0.3) is 0 Å². The molecule has 0 saturated carbocycles. The Hall–Kier alpha value is -4.16. The van der Waals surface area contributed by atoms with E-state index in [4.69, 9.17) is 14.4 Å². The molecule has 1 heterocycles. The van der Waals surface area contributed by atoms with Crippen LogP contribution < -0.4 is 5.32 Å². The van der Waals surface area contributed by atoms with Gasteiger partial charge < -0.3 is 24.3 Å². The van der Waals surface area contributed by atoms with E-state index < -0.39 is 6.03 Å². The Morgan fingerprint density at radius 2 is 1.88 bits per heavy atom. The molecule has 0 bridgehead atoms. The molecule has 1 aromatic heterocycles. The van der Waals surface area contributed by atoms with Crippen molar-refractivity contribution in [2.75, 3.05) is 32.1 Å². The first-order valence-electron chi connectivity index (χ1n) is 10.6. The first kappa shape index (κ1) is 24.5. The summed E-state index contributed by atoms with van der Waals surface area (Å²) in [4.78, 5) is 29.1. The van der Waals surface area contributed by atoms with Gasteiger partial charge in [-0.3, -0.25) is 4.79 Å². The van der Waals surface area contributed by atoms with Crippen LogP contribution in [0, 0.1) is 17.1 Å². The van der Waals surface area contributed by atoms with Crippen LogP contribution in [-0.4, -0.2) is 48.5 Å². The molecule has 8 nitrogen and oxygen atoms in total. The maximum absolute atomic E-state index is 13.3. The fourth-order valence-electron chi connectivity index (χ4n) is 3.22. The quantitative estimate of drug-likeness (QED) is 0.489. The zero-order valence-corrected chi connectivity index (χ0v) is 18.7. The molecule has 34 heavy (non-hydrogen) atoms. The van der Waals surface area contributed by atoms with Crippen molar-refractivity contribution in [2.45, 2.75) is 13.1 Å². The van der Waals surface area contributed by atoms with Gasteiger partial charge in [-0.15, -0.1) is 0 Å². The summed E-state index contributed by atoms with van der Waals surface area (Å²) in [7, 11) is 1.51. The lowest BCUT2D eigenvalue weighted by molar-refractivity contribution is -0.133. The van der Waals surface area contributed by atoms with E-state index in [-0.39, 0.29) is 44.5 Å². The summed E-state index contributed by atoms with van der Waals surface area (Å²) in [6.45, 7) is 0.595. The number of nitriles is 1. The van der Waals surface area contributed by atoms with Gasteiger partial charge in [0.2, 0.25) is 5.91 Å². The average molecular weight is 464 g/mol. The van der Waals surface area contributed by atoms with E-state index in [1.165, 1.54) is 35.3 Å². The van der Waals surface area contributed by atoms with Crippen LogP contribution in [-0.2, 0) is 22.6 Å². The number of anilines is 1. The first-order valence-corrected chi connectivity index (χ1v) is 10.6. The average Bonchev–Trinajstić information content (AvgIpc) is 3.35. The van der Waals surface area contributed by atoms with Crippen molar-refractivity contribution in [2.24, 2.45) is 0 Å². The fourth-order valence-corrected chi connectivity index (χ4v) is 3.22. The highest BCUT2D eigenvalue weighted by Gasteiger charge is 2.23. The Morgan fingerprint density at radius 3 is 2.56 bits per heavy atom. The first-order chi connectivity index (χ1) is 16.5. The molecule has 0 aliphatic heterocycles. The lowest BCUT2D eigenvalue weighted by Gasteiger charge is -2.27. The Balaban J connectivity index is 1.75. The zero-order valence-electron chi connectivity index (χ0n) is 18.7. The van der Waals surface area contributed by atoms with Crippen molar-refractivity contribution in [3.63, 3.8) is 0 Å². The summed E-state index contributed by atoms with van der Waals surface area (Å²) in [5, 5.41) is 11.8. The number of urea groups is 1. The number of furan rings is 1. The van der Waals surface area contributed by atoms with E-state index in [0.29, 0.717) is 17.0 Å². The molecule has 0 unspecified atom stereocenters. The molecule has 0 fully saturated rings. The molecule has 3 aromatic rings. The minimum Gasteiger partial charge on any atom is -0.467 e. The molecule has 0 aliphatic carbocycles. The molecule has 176 valence electrons. The molecule has 0 radical (unpaired) electrons. The molecule has 2 aromatic carbocycles. The lowest BCUT2D eigenvalue weighted by atomic mass is 10.2. The van der Waals surface area contributed by atoms with Crippen molar-refractivity contribution >= 4 is 17.6 Å². The second kappa shape index (κ2) is 12.2. The van der Waals surface area contributed by atoms with Gasteiger partial charge in [0.05, 0.1) is 31.0 Å². The smallest absolute Gasteiger partial charge is 0.322 e. The number of hydrogen-bond acceptors (Lipinski definition) is 5. The molecule has 3 amide bonds. The molecule has 0 saturated heterocycles. The molecular weight excluding hydrogens is 439 g/mol. The predicted molar refractivity (Wildman–Crippen MR) is 123 cm³/mol. The SMILES string of the molecule is COCCN(CC(=O)N(Cc1ccc(F)cc1)Cc1ccco1)C(=O)Nc1cccc(C#N)c1. The highest BCUT2D eigenvalue weighted by Crippen LogP contribution is 2.14. The number of rotatable bonds is 10. The van der Waals surface area contributed by atoms with Crippen LogP contribution in [0.15, 0.2) is 71.3 Å². The highest BCUT2D eigenvalue weighted by atomic mass is 19.1. The van der Waals surface area contributed by atoms with Gasteiger partial charge in [-0.25, -0.2) is 9.18 Å². The van der Waals surface area contributed by atoms with E-state index in [1.54, 1.807) is 48.5 Å². The molecule has 0 atom stereocenters. The number of carbonyl (C=O) groups excluding carboxylic acids is 2. The van der Waals surface area contributed by atoms with Crippen LogP contribution in [0.25, 0.3) is 0 Å². The third-order valence-electron chi connectivity index (χ3n) is 4.99. The standard InChI is InChI=1S/C25H25FN4O4/c1-33-13-11-29(25(32)28-22-5-2-4-20(14-22)15-27)18-24(31)30(17-23-6-3-12-34-23)16-19-7-9-21(26)10-8-19/h2-10,12,14H,11,13,16-18H2,1H3,(H,28,32). The maximum atomic E-state index is 13.3. The minimum absolute atomic E-state index is 0.178. The van der Waals surface area contributed by atoms with Gasteiger partial charge in [0.15, 0.2) is 0 Å². The molecule has 1 N–H and O–H groups in total. The third kappa shape index (κ3) is 7.18. The summed E-state index contributed by atoms with van der Waals surface area (Å²) in [6.07, 6.45) is 1.52. The van der Waals surface area contributed by atoms with Gasteiger partial charge in [0.1, 0.15) is 18.1 Å². The Labute approximate surface area is 197 Å². The number of amides is 3. The van der Waals surface area contributed by atoms with Gasteiger partial charge in [0, 0.05) is 25.9 Å². The van der Waals surface area contributed by atoms with Crippen molar-refractivity contribution in [3.05, 3.63) is 89.6 Å². The van der Waals surface area contributed by atoms with E-state index in [9.17, 15) is 14.0 Å². The zero-order chi connectivity index (χ0) is 24.3. The number of methoxy groups -OCH3 is 1. The molecule has 0 spiro atoms. The maximum Gasteiger partial charge on any atom is 0.322 e. The summed E-state index contributed by atoms with van der Waals surface area (Å²) in [6, 6.07) is 17.4. The second-order valence-electron chi connectivity index (χ2n) is 7.49. The van der Waals surface area contributed by atoms with Crippen molar-refractivity contribution in [1.82, 2.24) is 9.80 Å². The number of ether oxygens (including phenoxy) is 1. The Morgan fingerprint density at radius 1 is 1.09 bits per heavy atom. The number of halogens is 1. The highest BCUT2D eigenvalue weighted by molar-refractivity contribution is 5.92. The Bertz CT molecular complexity index is 1130. The van der Waals surface area contributed by atoms with Crippen LogP contribution in [0.5, 0.6) is 0 Å². The van der Waals surface area contributed by atoms with E-state index in [2.05, 4.69) is 5.32 Å². The van der Waals surface area contributed by atoms with E-state index in [0.717, 1.165) is 5.56 Å². The summed E-state index contributed by atoms with van der Waals surface area (Å²) in [5.74, 6) is -0.107.